The van der Waals surface area contributed by atoms with Crippen molar-refractivity contribution in [3.8, 4) is 0 Å². The van der Waals surface area contributed by atoms with Crippen LogP contribution in [0.5, 0.6) is 0 Å². The van der Waals surface area contributed by atoms with Gasteiger partial charge < -0.3 is 0 Å². The van der Waals surface area contributed by atoms with Gasteiger partial charge in [-0.3, -0.25) is 0 Å². The SMILES string of the molecule is CCI1OSO1. The second-order valence-corrected chi connectivity index (χ2v) is 6.42. The van der Waals surface area contributed by atoms with Crippen LogP contribution in [0.25, 0.3) is 0 Å². The van der Waals surface area contributed by atoms with Crippen molar-refractivity contribution in [3.63, 3.8) is 0 Å². The molecule has 1 fully saturated rings. The summed E-state index contributed by atoms with van der Waals surface area (Å²) in [5, 5.41) is 0. The fourth-order valence-corrected chi connectivity index (χ4v) is 3.04. The molecule has 0 N–H and O–H groups in total. The first kappa shape index (κ1) is 5.14. The molecule has 0 radical (unpaired) electrons. The van der Waals surface area contributed by atoms with E-state index in [9.17, 15) is 0 Å². The molecule has 0 unspecified atom stereocenters. The van der Waals surface area contributed by atoms with Gasteiger partial charge >= 0.3 is 49.3 Å². The van der Waals surface area contributed by atoms with Gasteiger partial charge in [0.2, 0.25) is 0 Å². The maximum atomic E-state index is 4.93. The quantitative estimate of drug-likeness (QED) is 0.382. The standard InChI is InChI=1S/C2H5IO2S/c1-2-3-4-6-5-3/h2H2,1H3. The summed E-state index contributed by atoms with van der Waals surface area (Å²) in [4.78, 5) is 0. The van der Waals surface area contributed by atoms with E-state index in [0.717, 1.165) is 16.8 Å². The van der Waals surface area contributed by atoms with Crippen LogP contribution in [0.15, 0.2) is 0 Å². The summed E-state index contributed by atoms with van der Waals surface area (Å²) in [5.41, 5.74) is 0. The van der Waals surface area contributed by atoms with Crippen molar-refractivity contribution in [2.24, 2.45) is 0 Å². The van der Waals surface area contributed by atoms with Gasteiger partial charge in [-0.2, -0.15) is 0 Å². The van der Waals surface area contributed by atoms with Crippen LogP contribution in [-0.2, 0) is 5.03 Å². The predicted octanol–water partition coefficient (Wildman–Crippen LogP) is 1.95. The Morgan fingerprint density at radius 2 is 2.33 bits per heavy atom. The van der Waals surface area contributed by atoms with E-state index in [0.29, 0.717) is 0 Å². The van der Waals surface area contributed by atoms with Gasteiger partial charge in [0, 0.05) is 0 Å². The number of alkyl halides is 1. The topological polar surface area (TPSA) is 18.5 Å². The van der Waals surface area contributed by atoms with E-state index in [1.165, 1.54) is 0 Å². The van der Waals surface area contributed by atoms with Gasteiger partial charge in [0.15, 0.2) is 0 Å². The molecule has 1 aliphatic heterocycles. The van der Waals surface area contributed by atoms with Crippen LogP contribution < -0.4 is 0 Å². The van der Waals surface area contributed by atoms with Gasteiger partial charge in [-0.25, -0.2) is 0 Å². The van der Waals surface area contributed by atoms with Crippen LogP contribution >= 0.6 is 33.0 Å². The summed E-state index contributed by atoms with van der Waals surface area (Å²) >= 11 is -0.0179. The van der Waals surface area contributed by atoms with Crippen molar-refractivity contribution in [1.29, 1.82) is 0 Å². The van der Waals surface area contributed by atoms with E-state index in [4.69, 9.17) is 5.03 Å². The van der Waals surface area contributed by atoms with Gasteiger partial charge in [-0.05, 0) is 0 Å². The minimum atomic E-state index is -1.16. The first-order chi connectivity index (χ1) is 2.93. The molecular formula is C2H5IO2S. The van der Waals surface area contributed by atoms with Gasteiger partial charge in [0.05, 0.1) is 0 Å². The van der Waals surface area contributed by atoms with E-state index in [1.54, 1.807) is 0 Å². The molecule has 1 rings (SSSR count). The fraction of sp³-hybridized carbons (Fsp3) is 1.00. The van der Waals surface area contributed by atoms with E-state index >= 15 is 0 Å². The van der Waals surface area contributed by atoms with Crippen LogP contribution in [0.3, 0.4) is 0 Å². The third kappa shape index (κ3) is 0.988. The monoisotopic (exact) mass is 220 g/mol. The minimum absolute atomic E-state index is 1.11. The molecule has 1 aliphatic rings. The molecule has 0 amide bonds. The molecule has 1 saturated heterocycles. The fourth-order valence-electron chi connectivity index (χ4n) is 0.151. The summed E-state index contributed by atoms with van der Waals surface area (Å²) < 4.78 is 11.0. The average Bonchev–Trinajstić information content (AvgIpc) is 1.31. The molecule has 2 nitrogen and oxygen atoms in total. The Bertz CT molecular complexity index is 44.1. The Balaban J connectivity index is 2.01. The molecule has 0 aromatic carbocycles. The zero-order chi connectivity index (χ0) is 4.41. The van der Waals surface area contributed by atoms with E-state index in [-0.39, 0.29) is 0 Å². The Morgan fingerprint density at radius 1 is 1.67 bits per heavy atom. The van der Waals surface area contributed by atoms with Crippen LogP contribution in [0, 0.1) is 0 Å². The average molecular weight is 220 g/mol. The van der Waals surface area contributed by atoms with Crippen molar-refractivity contribution in [2.45, 2.75) is 6.92 Å². The Morgan fingerprint density at radius 3 is 2.33 bits per heavy atom. The van der Waals surface area contributed by atoms with Crippen molar-refractivity contribution >= 4 is 33.0 Å². The van der Waals surface area contributed by atoms with Crippen molar-refractivity contribution < 1.29 is 5.03 Å². The number of hydrogen-bond acceptors (Lipinski definition) is 3. The molecular weight excluding hydrogens is 215 g/mol. The van der Waals surface area contributed by atoms with Gasteiger partial charge in [-0.1, -0.05) is 0 Å². The van der Waals surface area contributed by atoms with Crippen molar-refractivity contribution in [3.05, 3.63) is 0 Å². The van der Waals surface area contributed by atoms with Crippen LogP contribution in [0.2, 0.25) is 0 Å². The van der Waals surface area contributed by atoms with Crippen molar-refractivity contribution in [1.82, 2.24) is 0 Å². The maximum absolute atomic E-state index is 4.93. The predicted molar refractivity (Wildman–Crippen MR) is 34.3 cm³/mol. The third-order valence-corrected chi connectivity index (χ3v) is 5.33. The third-order valence-electron chi connectivity index (χ3n) is 0.410. The van der Waals surface area contributed by atoms with Crippen LogP contribution in [-0.4, -0.2) is 4.43 Å². The number of hydrogen-bond donors (Lipinski definition) is 0. The van der Waals surface area contributed by atoms with Gasteiger partial charge in [-0.15, -0.1) is 0 Å². The first-order valence-corrected chi connectivity index (χ1v) is 5.57. The Hall–Kier alpha value is 1.00. The molecule has 0 aromatic heterocycles. The molecule has 0 atom stereocenters. The zero-order valence-electron chi connectivity index (χ0n) is 3.31. The molecule has 1 heterocycles. The summed E-state index contributed by atoms with van der Waals surface area (Å²) in [6.07, 6.45) is 0. The van der Waals surface area contributed by atoms with Gasteiger partial charge in [0.25, 0.3) is 0 Å². The summed E-state index contributed by atoms with van der Waals surface area (Å²) in [6, 6.07) is 0. The molecule has 4 heteroatoms. The first-order valence-electron chi connectivity index (χ1n) is 1.62. The number of rotatable bonds is 1. The summed E-state index contributed by atoms with van der Waals surface area (Å²) in [5.74, 6) is 0. The zero-order valence-corrected chi connectivity index (χ0v) is 6.28. The molecule has 0 aromatic rings. The Kier molecular flexibility index (Phi) is 2.01. The second-order valence-electron chi connectivity index (χ2n) is 0.743. The molecule has 0 spiro atoms. The van der Waals surface area contributed by atoms with E-state index in [2.05, 4.69) is 6.92 Å². The molecule has 0 aliphatic carbocycles. The van der Waals surface area contributed by atoms with E-state index < -0.39 is 20.6 Å². The van der Waals surface area contributed by atoms with Crippen LogP contribution in [0.4, 0.5) is 0 Å². The number of halogens is 1. The molecule has 6 heavy (non-hydrogen) atoms. The summed E-state index contributed by atoms with van der Waals surface area (Å²) in [7, 11) is 0. The summed E-state index contributed by atoms with van der Waals surface area (Å²) in [6.45, 7) is 2.09. The normalized spacial score (nSPS) is 26.5. The van der Waals surface area contributed by atoms with Crippen LogP contribution in [0.1, 0.15) is 6.92 Å². The molecule has 0 bridgehead atoms. The second kappa shape index (κ2) is 2.34. The Labute approximate surface area is 49.5 Å². The molecule has 0 saturated carbocycles. The van der Waals surface area contributed by atoms with E-state index in [1.807, 2.05) is 0 Å². The van der Waals surface area contributed by atoms with Gasteiger partial charge in [0.1, 0.15) is 0 Å². The van der Waals surface area contributed by atoms with Crippen molar-refractivity contribution in [2.75, 3.05) is 4.43 Å². The molecule has 38 valence electrons.